The highest BCUT2D eigenvalue weighted by Crippen LogP contribution is 2.36. The van der Waals surface area contributed by atoms with Crippen molar-refractivity contribution in [1.29, 1.82) is 0 Å². The van der Waals surface area contributed by atoms with E-state index in [4.69, 9.17) is 5.84 Å². The zero-order chi connectivity index (χ0) is 13.1. The number of hydrazine groups is 1. The molecule has 98 valence electrons. The Morgan fingerprint density at radius 3 is 2.24 bits per heavy atom. The van der Waals surface area contributed by atoms with Crippen molar-refractivity contribution in [2.45, 2.75) is 46.3 Å². The molecular weight excluding hydrogens is 220 g/mol. The normalized spacial score (nSPS) is 30.7. The van der Waals surface area contributed by atoms with Crippen LogP contribution in [0.15, 0.2) is 0 Å². The van der Waals surface area contributed by atoms with E-state index in [9.17, 15) is 9.59 Å². The molecule has 17 heavy (non-hydrogen) atoms. The van der Waals surface area contributed by atoms with Crippen LogP contribution in [0.5, 0.6) is 0 Å². The van der Waals surface area contributed by atoms with E-state index in [2.05, 4.69) is 16.1 Å². The fourth-order valence-electron chi connectivity index (χ4n) is 2.54. The maximum absolute atomic E-state index is 12.2. The van der Waals surface area contributed by atoms with Gasteiger partial charge in [-0.25, -0.2) is 5.43 Å². The topological polar surface area (TPSA) is 96.2 Å². The first-order valence-corrected chi connectivity index (χ1v) is 6.10. The summed E-state index contributed by atoms with van der Waals surface area (Å²) in [5.41, 5.74) is 1.36. The van der Waals surface area contributed by atoms with Crippen molar-refractivity contribution in [2.75, 3.05) is 0 Å². The van der Waals surface area contributed by atoms with Crippen molar-refractivity contribution in [3.63, 3.8) is 0 Å². The number of amides is 2. The van der Waals surface area contributed by atoms with Gasteiger partial charge in [0.1, 0.15) is 5.41 Å². The molecule has 1 saturated heterocycles. The highest BCUT2D eigenvalue weighted by atomic mass is 16.2. The molecule has 1 aliphatic heterocycles. The largest absolute Gasteiger partial charge is 0.322 e. The number of hydrogen-bond donors (Lipinski definition) is 4. The van der Waals surface area contributed by atoms with Crippen LogP contribution in [-0.2, 0) is 9.59 Å². The van der Waals surface area contributed by atoms with Gasteiger partial charge >= 0.3 is 0 Å². The van der Waals surface area contributed by atoms with Gasteiger partial charge in [0.15, 0.2) is 6.29 Å². The third-order valence-electron chi connectivity index (χ3n) is 3.65. The lowest BCUT2D eigenvalue weighted by Crippen LogP contribution is -2.71. The predicted molar refractivity (Wildman–Crippen MR) is 64.2 cm³/mol. The molecule has 0 aromatic heterocycles. The zero-order valence-corrected chi connectivity index (χ0v) is 10.7. The van der Waals surface area contributed by atoms with Crippen molar-refractivity contribution in [2.24, 2.45) is 17.2 Å². The SMILES string of the molecule is CCCC(C)C1(CC)C(=O)NC(NN)NC1=O. The summed E-state index contributed by atoms with van der Waals surface area (Å²) >= 11 is 0. The molecule has 0 saturated carbocycles. The fourth-order valence-corrected chi connectivity index (χ4v) is 2.54. The Morgan fingerprint density at radius 2 is 1.88 bits per heavy atom. The molecule has 6 heteroatoms. The van der Waals surface area contributed by atoms with Crippen molar-refractivity contribution in [3.8, 4) is 0 Å². The molecule has 5 N–H and O–H groups in total. The maximum Gasteiger partial charge on any atom is 0.238 e. The van der Waals surface area contributed by atoms with Gasteiger partial charge in [0.25, 0.3) is 0 Å². The summed E-state index contributed by atoms with van der Waals surface area (Å²) in [4.78, 5) is 24.4. The quantitative estimate of drug-likeness (QED) is 0.305. The molecule has 0 spiro atoms. The van der Waals surface area contributed by atoms with Crippen LogP contribution in [0.25, 0.3) is 0 Å². The minimum Gasteiger partial charge on any atom is -0.322 e. The summed E-state index contributed by atoms with van der Waals surface area (Å²) in [5, 5.41) is 5.34. The van der Waals surface area contributed by atoms with Gasteiger partial charge in [-0.15, -0.1) is 0 Å². The van der Waals surface area contributed by atoms with Crippen molar-refractivity contribution in [3.05, 3.63) is 0 Å². The molecule has 0 aromatic carbocycles. The van der Waals surface area contributed by atoms with E-state index in [1.807, 2.05) is 20.8 Å². The predicted octanol–water partition coefficient (Wildman–Crippen LogP) is -0.188. The second-order valence-electron chi connectivity index (χ2n) is 4.56. The molecule has 0 radical (unpaired) electrons. The Labute approximate surface area is 102 Å². The Bertz CT molecular complexity index is 288. The summed E-state index contributed by atoms with van der Waals surface area (Å²) in [7, 11) is 0. The molecule has 1 fully saturated rings. The third-order valence-corrected chi connectivity index (χ3v) is 3.65. The van der Waals surface area contributed by atoms with E-state index in [0.29, 0.717) is 6.42 Å². The van der Waals surface area contributed by atoms with E-state index in [1.165, 1.54) is 0 Å². The lowest BCUT2D eigenvalue weighted by molar-refractivity contribution is -0.154. The van der Waals surface area contributed by atoms with Crippen LogP contribution in [0.2, 0.25) is 0 Å². The van der Waals surface area contributed by atoms with Crippen LogP contribution in [0, 0.1) is 11.3 Å². The van der Waals surface area contributed by atoms with Crippen molar-refractivity contribution < 1.29 is 9.59 Å². The van der Waals surface area contributed by atoms with E-state index in [1.54, 1.807) is 0 Å². The second kappa shape index (κ2) is 5.46. The van der Waals surface area contributed by atoms with Crippen molar-refractivity contribution in [1.82, 2.24) is 16.1 Å². The number of nitrogens with two attached hydrogens (primary N) is 1. The summed E-state index contributed by atoms with van der Waals surface area (Å²) in [6.45, 7) is 5.85. The Hall–Kier alpha value is -1.14. The van der Waals surface area contributed by atoms with Crippen molar-refractivity contribution >= 4 is 11.8 Å². The standard InChI is InChI=1S/C11H22N4O2/c1-4-6-7(3)11(5-2)8(16)13-10(15-12)14-9(11)17/h7,10,15H,4-6,12H2,1-3H3,(H,13,16)(H,14,17). The molecule has 0 aromatic rings. The van der Waals surface area contributed by atoms with E-state index in [-0.39, 0.29) is 17.7 Å². The van der Waals surface area contributed by atoms with E-state index in [0.717, 1.165) is 12.8 Å². The van der Waals surface area contributed by atoms with Gasteiger partial charge in [-0.2, -0.15) is 0 Å². The number of hydrogen-bond acceptors (Lipinski definition) is 4. The lowest BCUT2D eigenvalue weighted by Gasteiger charge is -2.41. The molecule has 2 amide bonds. The van der Waals surface area contributed by atoms with Gasteiger partial charge in [-0.1, -0.05) is 27.2 Å². The molecule has 1 heterocycles. The smallest absolute Gasteiger partial charge is 0.238 e. The number of carbonyl (C=O) groups excluding carboxylic acids is 2. The van der Waals surface area contributed by atoms with Crippen LogP contribution < -0.4 is 21.9 Å². The second-order valence-corrected chi connectivity index (χ2v) is 4.56. The minimum atomic E-state index is -0.969. The molecule has 1 rings (SSSR count). The third kappa shape index (κ3) is 2.28. The highest BCUT2D eigenvalue weighted by molar-refractivity contribution is 6.07. The fraction of sp³-hybridized carbons (Fsp3) is 0.818. The first-order chi connectivity index (χ1) is 8.02. The summed E-state index contributed by atoms with van der Waals surface area (Å²) < 4.78 is 0. The lowest BCUT2D eigenvalue weighted by atomic mass is 9.70. The average Bonchev–Trinajstić information content (AvgIpc) is 2.29. The number of nitrogens with one attached hydrogen (secondary N) is 3. The minimum absolute atomic E-state index is 0.0104. The average molecular weight is 242 g/mol. The molecule has 1 aliphatic rings. The summed E-state index contributed by atoms with van der Waals surface area (Å²) in [6.07, 6.45) is 1.60. The maximum atomic E-state index is 12.2. The summed E-state index contributed by atoms with van der Waals surface area (Å²) in [5.74, 6) is 4.74. The van der Waals surface area contributed by atoms with Gasteiger partial charge in [0.05, 0.1) is 0 Å². The molecule has 1 unspecified atom stereocenters. The highest BCUT2D eigenvalue weighted by Gasteiger charge is 2.51. The Morgan fingerprint density at radius 1 is 1.35 bits per heavy atom. The van der Waals surface area contributed by atoms with E-state index >= 15 is 0 Å². The van der Waals surface area contributed by atoms with Gasteiger partial charge < -0.3 is 10.6 Å². The van der Waals surface area contributed by atoms with Gasteiger partial charge in [-0.05, 0) is 18.8 Å². The molecule has 0 aliphatic carbocycles. The molecule has 6 nitrogen and oxygen atoms in total. The number of carbonyl (C=O) groups is 2. The Kier molecular flexibility index (Phi) is 4.47. The Balaban J connectivity index is 2.98. The van der Waals surface area contributed by atoms with Gasteiger partial charge in [0, 0.05) is 0 Å². The molecule has 1 atom stereocenters. The first-order valence-electron chi connectivity index (χ1n) is 6.10. The molecule has 0 bridgehead atoms. The molecular formula is C11H22N4O2. The number of rotatable bonds is 5. The monoisotopic (exact) mass is 242 g/mol. The van der Waals surface area contributed by atoms with Crippen LogP contribution in [0.4, 0.5) is 0 Å². The summed E-state index contributed by atoms with van der Waals surface area (Å²) in [6, 6.07) is 0. The zero-order valence-electron chi connectivity index (χ0n) is 10.7. The van der Waals surface area contributed by atoms with Crippen LogP contribution >= 0.6 is 0 Å². The van der Waals surface area contributed by atoms with Gasteiger partial charge in [-0.3, -0.25) is 15.4 Å². The van der Waals surface area contributed by atoms with Crippen LogP contribution in [-0.4, -0.2) is 18.1 Å². The van der Waals surface area contributed by atoms with E-state index < -0.39 is 11.7 Å². The first kappa shape index (κ1) is 13.9. The van der Waals surface area contributed by atoms with Gasteiger partial charge in [0.2, 0.25) is 11.8 Å². The van der Waals surface area contributed by atoms with Crippen LogP contribution in [0.1, 0.15) is 40.0 Å². The van der Waals surface area contributed by atoms with Crippen LogP contribution in [0.3, 0.4) is 0 Å².